The molecule has 0 spiro atoms. The molecule has 1 amide bonds. The monoisotopic (exact) mass is 270 g/mol. The lowest BCUT2D eigenvalue weighted by atomic mass is 10.1. The van der Waals surface area contributed by atoms with Crippen molar-refractivity contribution in [2.45, 2.75) is 57.4 Å². The smallest absolute Gasteiger partial charge is 0.289 e. The van der Waals surface area contributed by atoms with Gasteiger partial charge in [-0.3, -0.25) is 4.79 Å². The van der Waals surface area contributed by atoms with Crippen molar-refractivity contribution in [1.29, 1.82) is 0 Å². The Labute approximate surface area is 112 Å². The molecule has 1 aromatic heterocycles. The molecule has 1 saturated carbocycles. The van der Waals surface area contributed by atoms with Gasteiger partial charge in [0.05, 0.1) is 11.1 Å². The van der Waals surface area contributed by atoms with Gasteiger partial charge in [-0.05, 0) is 19.8 Å². The fourth-order valence-electron chi connectivity index (χ4n) is 2.40. The molecule has 2 atom stereocenters. The van der Waals surface area contributed by atoms with Gasteiger partial charge in [0.1, 0.15) is 0 Å². The molecular formula is C13H19ClN2O2. The molecule has 0 aromatic carbocycles. The van der Waals surface area contributed by atoms with Gasteiger partial charge in [0.2, 0.25) is 5.76 Å². The minimum Gasteiger partial charge on any atom is -0.436 e. The van der Waals surface area contributed by atoms with Gasteiger partial charge >= 0.3 is 0 Å². The second-order valence-electron chi connectivity index (χ2n) is 4.88. The summed E-state index contributed by atoms with van der Waals surface area (Å²) in [6.07, 6.45) is 5.34. The highest BCUT2D eigenvalue weighted by atomic mass is 35.5. The number of nitrogens with zero attached hydrogens (tertiary/aromatic N) is 1. The number of nitrogens with one attached hydrogen (secondary N) is 1. The van der Waals surface area contributed by atoms with Crippen LogP contribution < -0.4 is 5.32 Å². The third-order valence-corrected chi connectivity index (χ3v) is 3.88. The Balaban J connectivity index is 2.04. The zero-order chi connectivity index (χ0) is 13.1. The third kappa shape index (κ3) is 3.05. The van der Waals surface area contributed by atoms with Crippen LogP contribution in [0.1, 0.15) is 54.2 Å². The first-order valence-electron chi connectivity index (χ1n) is 6.47. The standard InChI is InChI=1S/C13H19ClN2O2/c1-8-12(18-9(2)15-8)13(17)16-11-7-5-3-4-6-10(11)14/h10-11H,3-7H2,1-2H3,(H,16,17). The highest BCUT2D eigenvalue weighted by Gasteiger charge is 2.25. The third-order valence-electron chi connectivity index (χ3n) is 3.36. The van der Waals surface area contributed by atoms with E-state index in [2.05, 4.69) is 10.3 Å². The second-order valence-corrected chi connectivity index (χ2v) is 5.44. The second kappa shape index (κ2) is 5.74. The van der Waals surface area contributed by atoms with Gasteiger partial charge in [-0.2, -0.15) is 0 Å². The number of amides is 1. The molecule has 1 N–H and O–H groups in total. The summed E-state index contributed by atoms with van der Waals surface area (Å²) < 4.78 is 5.32. The molecule has 100 valence electrons. The summed E-state index contributed by atoms with van der Waals surface area (Å²) in [4.78, 5) is 16.2. The average molecular weight is 271 g/mol. The molecule has 1 aromatic rings. The van der Waals surface area contributed by atoms with Crippen molar-refractivity contribution in [3.63, 3.8) is 0 Å². The number of hydrogen-bond donors (Lipinski definition) is 1. The van der Waals surface area contributed by atoms with E-state index in [0.717, 1.165) is 25.7 Å². The van der Waals surface area contributed by atoms with Crippen LogP contribution in [0.4, 0.5) is 0 Å². The van der Waals surface area contributed by atoms with E-state index in [0.29, 0.717) is 17.3 Å². The first-order chi connectivity index (χ1) is 8.58. The molecular weight excluding hydrogens is 252 g/mol. The first kappa shape index (κ1) is 13.4. The van der Waals surface area contributed by atoms with Gasteiger partial charge in [0.25, 0.3) is 5.91 Å². The maximum Gasteiger partial charge on any atom is 0.289 e. The highest BCUT2D eigenvalue weighted by molar-refractivity contribution is 6.21. The fourth-order valence-corrected chi connectivity index (χ4v) is 2.74. The van der Waals surface area contributed by atoms with E-state index in [4.69, 9.17) is 16.0 Å². The van der Waals surface area contributed by atoms with E-state index in [1.54, 1.807) is 13.8 Å². The van der Waals surface area contributed by atoms with Crippen molar-refractivity contribution in [3.05, 3.63) is 17.3 Å². The quantitative estimate of drug-likeness (QED) is 0.664. The number of halogens is 1. The fraction of sp³-hybridized carbons (Fsp3) is 0.692. The number of carbonyl (C=O) groups excluding carboxylic acids is 1. The number of rotatable bonds is 2. The van der Waals surface area contributed by atoms with E-state index in [1.807, 2.05) is 0 Å². The Bertz CT molecular complexity index is 431. The van der Waals surface area contributed by atoms with Crippen LogP contribution in [0, 0.1) is 13.8 Å². The van der Waals surface area contributed by atoms with Crippen molar-refractivity contribution in [2.24, 2.45) is 0 Å². The maximum absolute atomic E-state index is 12.1. The predicted octanol–water partition coefficient (Wildman–Crippen LogP) is 2.96. The zero-order valence-electron chi connectivity index (χ0n) is 10.8. The van der Waals surface area contributed by atoms with E-state index >= 15 is 0 Å². The van der Waals surface area contributed by atoms with Gasteiger partial charge in [0, 0.05) is 13.0 Å². The molecule has 2 unspecified atom stereocenters. The molecule has 0 radical (unpaired) electrons. The lowest BCUT2D eigenvalue weighted by Gasteiger charge is -2.20. The summed E-state index contributed by atoms with van der Waals surface area (Å²) >= 11 is 6.30. The number of aryl methyl sites for hydroxylation is 2. The first-order valence-corrected chi connectivity index (χ1v) is 6.90. The molecule has 1 heterocycles. The summed E-state index contributed by atoms with van der Waals surface area (Å²) in [6.45, 7) is 3.51. The minimum atomic E-state index is -0.203. The number of aromatic nitrogens is 1. The number of hydrogen-bond acceptors (Lipinski definition) is 3. The predicted molar refractivity (Wildman–Crippen MR) is 70.0 cm³/mol. The topological polar surface area (TPSA) is 55.1 Å². The molecule has 0 saturated heterocycles. The van der Waals surface area contributed by atoms with Crippen molar-refractivity contribution in [3.8, 4) is 0 Å². The Morgan fingerprint density at radius 3 is 2.72 bits per heavy atom. The summed E-state index contributed by atoms with van der Waals surface area (Å²) in [6, 6.07) is 0.0338. The van der Waals surface area contributed by atoms with Crippen molar-refractivity contribution in [1.82, 2.24) is 10.3 Å². The van der Waals surface area contributed by atoms with Gasteiger partial charge in [-0.1, -0.05) is 19.3 Å². The zero-order valence-corrected chi connectivity index (χ0v) is 11.6. The number of alkyl halides is 1. The van der Waals surface area contributed by atoms with Crippen LogP contribution in [-0.4, -0.2) is 22.3 Å². The largest absolute Gasteiger partial charge is 0.436 e. The lowest BCUT2D eigenvalue weighted by molar-refractivity contribution is 0.0903. The van der Waals surface area contributed by atoms with E-state index in [-0.39, 0.29) is 17.3 Å². The van der Waals surface area contributed by atoms with Crippen LogP contribution in [0.3, 0.4) is 0 Å². The Hall–Kier alpha value is -1.03. The molecule has 18 heavy (non-hydrogen) atoms. The Kier molecular flexibility index (Phi) is 4.27. The number of oxazole rings is 1. The van der Waals surface area contributed by atoms with Crippen LogP contribution in [0.15, 0.2) is 4.42 Å². The molecule has 4 nitrogen and oxygen atoms in total. The Morgan fingerprint density at radius 1 is 1.33 bits per heavy atom. The van der Waals surface area contributed by atoms with Gasteiger partial charge in [-0.25, -0.2) is 4.98 Å². The van der Waals surface area contributed by atoms with Crippen LogP contribution >= 0.6 is 11.6 Å². The average Bonchev–Trinajstić information content (AvgIpc) is 2.52. The summed E-state index contributed by atoms with van der Waals surface area (Å²) in [5, 5.41) is 2.99. The van der Waals surface area contributed by atoms with E-state index in [1.165, 1.54) is 6.42 Å². The minimum absolute atomic E-state index is 0.0146. The van der Waals surface area contributed by atoms with Crippen LogP contribution in [0.25, 0.3) is 0 Å². The molecule has 0 bridgehead atoms. The van der Waals surface area contributed by atoms with Crippen molar-refractivity contribution >= 4 is 17.5 Å². The van der Waals surface area contributed by atoms with E-state index in [9.17, 15) is 4.79 Å². The van der Waals surface area contributed by atoms with Crippen molar-refractivity contribution in [2.75, 3.05) is 0 Å². The molecule has 0 aliphatic heterocycles. The lowest BCUT2D eigenvalue weighted by Crippen LogP contribution is -2.40. The van der Waals surface area contributed by atoms with Crippen LogP contribution in [0.2, 0.25) is 0 Å². The SMILES string of the molecule is Cc1nc(C)c(C(=O)NC2CCCCCC2Cl)o1. The van der Waals surface area contributed by atoms with Crippen LogP contribution in [0.5, 0.6) is 0 Å². The summed E-state index contributed by atoms with van der Waals surface area (Å²) in [5.74, 6) is 0.618. The van der Waals surface area contributed by atoms with Gasteiger partial charge in [-0.15, -0.1) is 11.6 Å². The molecule has 1 aliphatic rings. The molecule has 5 heteroatoms. The molecule has 1 aliphatic carbocycles. The number of carbonyl (C=O) groups is 1. The Morgan fingerprint density at radius 2 is 2.06 bits per heavy atom. The molecule has 2 rings (SSSR count). The maximum atomic E-state index is 12.1. The highest BCUT2D eigenvalue weighted by Crippen LogP contribution is 2.23. The normalized spacial score (nSPS) is 24.6. The summed E-state index contributed by atoms with van der Waals surface area (Å²) in [5.41, 5.74) is 0.629. The van der Waals surface area contributed by atoms with E-state index < -0.39 is 0 Å². The van der Waals surface area contributed by atoms with Gasteiger partial charge < -0.3 is 9.73 Å². The van der Waals surface area contributed by atoms with Gasteiger partial charge in [0.15, 0.2) is 5.89 Å². The summed E-state index contributed by atoms with van der Waals surface area (Å²) in [7, 11) is 0. The van der Waals surface area contributed by atoms with Crippen LogP contribution in [-0.2, 0) is 0 Å². The molecule has 1 fully saturated rings. The van der Waals surface area contributed by atoms with Crippen molar-refractivity contribution < 1.29 is 9.21 Å².